The van der Waals surface area contributed by atoms with Crippen LogP contribution in [-0.2, 0) is 52.2 Å². The van der Waals surface area contributed by atoms with E-state index in [2.05, 4.69) is 65.5 Å². The summed E-state index contributed by atoms with van der Waals surface area (Å²) in [5, 5.41) is 23.8. The molecule has 14 nitrogen and oxygen atoms in total. The lowest BCUT2D eigenvalue weighted by Crippen LogP contribution is -2.65. The van der Waals surface area contributed by atoms with Crippen molar-refractivity contribution in [1.82, 2.24) is 4.90 Å². The maximum absolute atomic E-state index is 14.4. The zero-order valence-corrected chi connectivity index (χ0v) is 41.1. The predicted octanol–water partition coefficient (Wildman–Crippen LogP) is 6.34. The third-order valence-corrected chi connectivity index (χ3v) is 16.0. The Morgan fingerprint density at radius 3 is 2.37 bits per heavy atom. The van der Waals surface area contributed by atoms with E-state index in [-0.39, 0.29) is 60.4 Å². The number of rotatable bonds is 9. The molecule has 6 aliphatic heterocycles. The molecule has 1 spiro atoms. The van der Waals surface area contributed by atoms with Crippen molar-refractivity contribution in [3.05, 3.63) is 59.3 Å². The van der Waals surface area contributed by atoms with E-state index in [4.69, 9.17) is 47.4 Å². The first-order valence-corrected chi connectivity index (χ1v) is 24.1. The Labute approximate surface area is 387 Å². The largest absolute Gasteiger partial charge is 0.462 e. The van der Waals surface area contributed by atoms with Gasteiger partial charge in [0.05, 0.1) is 54.9 Å². The van der Waals surface area contributed by atoms with E-state index in [0.29, 0.717) is 43.3 Å². The Kier molecular flexibility index (Phi) is 15.8. The van der Waals surface area contributed by atoms with E-state index >= 15 is 0 Å². The Morgan fingerprint density at radius 2 is 1.68 bits per heavy atom. The highest BCUT2D eigenvalue weighted by Gasteiger charge is 2.60. The van der Waals surface area contributed by atoms with E-state index < -0.39 is 72.5 Å². The van der Waals surface area contributed by atoms with Gasteiger partial charge in [-0.15, -0.1) is 0 Å². The van der Waals surface area contributed by atoms with E-state index in [0.717, 1.165) is 12.0 Å². The van der Waals surface area contributed by atoms with Gasteiger partial charge in [-0.3, -0.25) is 9.69 Å². The third-order valence-electron chi connectivity index (χ3n) is 16.0. The van der Waals surface area contributed by atoms with Gasteiger partial charge in [0.1, 0.15) is 35.9 Å². The first-order chi connectivity index (χ1) is 30.8. The van der Waals surface area contributed by atoms with Crippen LogP contribution in [0.2, 0.25) is 0 Å². The number of esters is 1. The number of ether oxygens (including phenoxy) is 10. The number of likely N-dealkylation sites (N-methyl/N-ethyl adjacent to an activating group) is 1. The Hall–Kier alpha value is -2.31. The normalized spacial score (nSPS) is 46.6. The molecule has 6 heterocycles. The van der Waals surface area contributed by atoms with Gasteiger partial charge in [0.15, 0.2) is 18.4 Å². The van der Waals surface area contributed by atoms with Crippen LogP contribution >= 0.6 is 0 Å². The van der Waals surface area contributed by atoms with Crippen LogP contribution < -0.4 is 0 Å². The number of methoxy groups -OCH3 is 2. The Morgan fingerprint density at radius 1 is 0.938 bits per heavy atom. The Bertz CT molecular complexity index is 1830. The molecule has 14 heteroatoms. The van der Waals surface area contributed by atoms with Crippen molar-refractivity contribution in [2.75, 3.05) is 34.9 Å². The molecular weight excluding hydrogens is 835 g/mol. The summed E-state index contributed by atoms with van der Waals surface area (Å²) in [6.07, 6.45) is 10.6. The first-order valence-electron chi connectivity index (χ1n) is 24.1. The fourth-order valence-electron chi connectivity index (χ4n) is 11.4. The molecule has 20 atom stereocenters. The average Bonchev–Trinajstić information content (AvgIpc) is 3.61. The van der Waals surface area contributed by atoms with Gasteiger partial charge in [0.2, 0.25) is 0 Å². The number of fused-ring (bicyclic) bond motifs is 2. The van der Waals surface area contributed by atoms with Crippen molar-refractivity contribution in [2.45, 2.75) is 197 Å². The second-order valence-corrected chi connectivity index (χ2v) is 20.5. The molecule has 4 unspecified atom stereocenters. The van der Waals surface area contributed by atoms with Crippen LogP contribution in [0.5, 0.6) is 0 Å². The highest BCUT2D eigenvalue weighted by atomic mass is 16.7. The molecule has 7 rings (SSSR count). The summed E-state index contributed by atoms with van der Waals surface area (Å²) in [6, 6.07) is 0. The predicted molar refractivity (Wildman–Crippen MR) is 243 cm³/mol. The molecule has 4 saturated heterocycles. The molecule has 0 aromatic rings. The van der Waals surface area contributed by atoms with Crippen LogP contribution in [-0.4, -0.2) is 153 Å². The van der Waals surface area contributed by atoms with Crippen LogP contribution in [0.25, 0.3) is 0 Å². The van der Waals surface area contributed by atoms with Crippen LogP contribution in [0.1, 0.15) is 101 Å². The molecule has 1 aliphatic carbocycles. The number of hydrogen-bond donors (Lipinski definition) is 2. The molecule has 2 bridgehead atoms. The minimum Gasteiger partial charge on any atom is -0.462 e. The maximum atomic E-state index is 14.4. The topological polar surface area (TPSA) is 153 Å². The van der Waals surface area contributed by atoms with Gasteiger partial charge in [-0.2, -0.15) is 0 Å². The molecular formula is C51H79NO13. The fraction of sp³-hybridized carbons (Fsp3) is 0.784. The maximum Gasteiger partial charge on any atom is 0.316 e. The summed E-state index contributed by atoms with van der Waals surface area (Å²) >= 11 is 0. The molecule has 65 heavy (non-hydrogen) atoms. The number of aliphatic hydroxyl groups is 2. The molecule has 2 N–H and O–H groups in total. The lowest BCUT2D eigenvalue weighted by Gasteiger charge is -2.52. The second kappa shape index (κ2) is 20.3. The van der Waals surface area contributed by atoms with Gasteiger partial charge in [0, 0.05) is 51.7 Å². The van der Waals surface area contributed by atoms with E-state index in [9.17, 15) is 15.0 Å². The first kappa shape index (κ1) is 50.6. The molecule has 366 valence electrons. The molecule has 7 aliphatic rings. The molecule has 0 aromatic heterocycles. The fourth-order valence-corrected chi connectivity index (χ4v) is 11.4. The summed E-state index contributed by atoms with van der Waals surface area (Å²) in [6.45, 7) is 18.6. The van der Waals surface area contributed by atoms with Crippen molar-refractivity contribution in [2.24, 2.45) is 23.7 Å². The SMILES string of the molecule is CCC(C)[C@H]1O[C@]2(C=C[C@@H]1C)C[C@@H]1C[C@@H](CC=C(C)[C@@H](OC3C[C@H](OC)[C@@H](OC4C[C@H](OC)[C@@](C)(N(C)C)[C@H](C)O4)[C@H](C)O3)C(C)C=CC=C3CO[C@@H]4[C@H](O)C(C)=C[C@@H](C(=O)O1)[C@]34O)O2. The number of carbonyl (C=O) groups excluding carboxylic acids is 1. The van der Waals surface area contributed by atoms with Crippen molar-refractivity contribution in [3.63, 3.8) is 0 Å². The second-order valence-electron chi connectivity index (χ2n) is 20.5. The van der Waals surface area contributed by atoms with Gasteiger partial charge >= 0.3 is 5.97 Å². The van der Waals surface area contributed by atoms with Crippen molar-refractivity contribution < 1.29 is 62.4 Å². The average molecular weight is 914 g/mol. The quantitative estimate of drug-likeness (QED) is 0.196. The van der Waals surface area contributed by atoms with Crippen molar-refractivity contribution in [3.8, 4) is 0 Å². The Balaban J connectivity index is 1.17. The van der Waals surface area contributed by atoms with Gasteiger partial charge in [-0.25, -0.2) is 0 Å². The van der Waals surface area contributed by atoms with E-state index in [1.54, 1.807) is 33.3 Å². The van der Waals surface area contributed by atoms with Gasteiger partial charge in [-0.1, -0.05) is 70.6 Å². The van der Waals surface area contributed by atoms with E-state index in [1.165, 1.54) is 0 Å². The number of carbonyl (C=O) groups is 1. The standard InChI is InChI=1S/C51H79NO13/c1-14-28(2)45-31(5)20-21-50(65-45)26-37-23-36(64-50)19-18-30(4)44(29(3)16-15-17-35-27-58-47-43(53)32(6)22-38(48(54)61-37)51(35,47)55)62-41-24-39(56-12)46(33(7)59-41)63-42-25-40(57-13)49(9,52(10)11)34(8)60-42/h15-18,20-22,28-29,31,33-34,36-47,53,55H,14,19,23-27H2,1-13H3/t28?,29?,31-,33-,34-,36+,37-,38-,39-,40-,41?,42?,43+,44-,45+,46-,47+,49-,50+,51+/m0/s1. The monoisotopic (exact) mass is 914 g/mol. The van der Waals surface area contributed by atoms with Crippen LogP contribution in [0.4, 0.5) is 0 Å². The van der Waals surface area contributed by atoms with E-state index in [1.807, 2.05) is 39.2 Å². The summed E-state index contributed by atoms with van der Waals surface area (Å²) in [4.78, 5) is 16.5. The minimum atomic E-state index is -1.83. The highest BCUT2D eigenvalue weighted by Crippen LogP contribution is 2.47. The minimum absolute atomic E-state index is 0.0400. The smallest absolute Gasteiger partial charge is 0.316 e. The van der Waals surface area contributed by atoms with Crippen LogP contribution in [0, 0.1) is 23.7 Å². The molecule has 0 radical (unpaired) electrons. The van der Waals surface area contributed by atoms with Gasteiger partial charge in [0.25, 0.3) is 0 Å². The zero-order valence-electron chi connectivity index (χ0n) is 41.1. The van der Waals surface area contributed by atoms with Crippen LogP contribution in [0.15, 0.2) is 59.3 Å². The lowest BCUT2D eigenvalue weighted by molar-refractivity contribution is -0.322. The lowest BCUT2D eigenvalue weighted by atomic mass is 9.71. The summed E-state index contributed by atoms with van der Waals surface area (Å²) in [5.74, 6) is -2.52. The number of aliphatic hydroxyl groups excluding tert-OH is 1. The third kappa shape index (κ3) is 9.94. The zero-order chi connectivity index (χ0) is 47.2. The summed E-state index contributed by atoms with van der Waals surface area (Å²) < 4.78 is 65.2. The van der Waals surface area contributed by atoms with Gasteiger partial charge < -0.3 is 57.6 Å². The molecule has 0 saturated carbocycles. The highest BCUT2D eigenvalue weighted by molar-refractivity contribution is 5.78. The summed E-state index contributed by atoms with van der Waals surface area (Å²) in [7, 11) is 7.51. The number of hydrogen-bond acceptors (Lipinski definition) is 14. The molecule has 0 aromatic carbocycles. The summed E-state index contributed by atoms with van der Waals surface area (Å²) in [5.41, 5.74) is -0.157. The van der Waals surface area contributed by atoms with Crippen molar-refractivity contribution in [1.29, 1.82) is 0 Å². The molecule has 0 amide bonds. The van der Waals surface area contributed by atoms with Crippen LogP contribution in [0.3, 0.4) is 0 Å². The van der Waals surface area contributed by atoms with Gasteiger partial charge in [-0.05, 0) is 83.8 Å². The number of allylic oxidation sites excluding steroid dienone is 2. The molecule has 4 fully saturated rings. The van der Waals surface area contributed by atoms with Crippen molar-refractivity contribution >= 4 is 5.97 Å². The number of nitrogens with zero attached hydrogens (tertiary/aromatic N) is 1.